The van der Waals surface area contributed by atoms with Crippen LogP contribution in [0.2, 0.25) is 5.02 Å². The molecule has 0 aliphatic carbocycles. The Kier molecular flexibility index (Phi) is 9.18. The van der Waals surface area contributed by atoms with E-state index in [0.717, 1.165) is 23.3 Å². The van der Waals surface area contributed by atoms with E-state index in [2.05, 4.69) is 15.6 Å². The number of carbonyl (C=O) groups is 3. The minimum Gasteiger partial charge on any atom is -0.482 e. The maximum absolute atomic E-state index is 12.8. The molecule has 1 heterocycles. The van der Waals surface area contributed by atoms with Gasteiger partial charge in [-0.25, -0.2) is 4.79 Å². The average Bonchev–Trinajstić information content (AvgIpc) is 2.83. The van der Waals surface area contributed by atoms with Gasteiger partial charge in [-0.05, 0) is 44.5 Å². The third-order valence-corrected chi connectivity index (χ3v) is 5.17. The van der Waals surface area contributed by atoms with Gasteiger partial charge in [0.25, 0.3) is 0 Å². The fourth-order valence-corrected chi connectivity index (χ4v) is 3.51. The van der Waals surface area contributed by atoms with E-state index < -0.39 is 42.6 Å². The largest absolute Gasteiger partial charge is 0.482 e. The number of carbonyl (C=O) groups excluding carboxylic acids is 3. The van der Waals surface area contributed by atoms with Crippen LogP contribution in [-0.2, 0) is 9.53 Å². The zero-order valence-corrected chi connectivity index (χ0v) is 21.9. The second kappa shape index (κ2) is 12.2. The molecular formula is C27H25ClF3N3O5. The van der Waals surface area contributed by atoms with E-state index in [1.165, 1.54) is 0 Å². The van der Waals surface area contributed by atoms with Crippen molar-refractivity contribution in [2.24, 2.45) is 0 Å². The number of aromatic nitrogens is 1. The molecule has 206 valence electrons. The van der Waals surface area contributed by atoms with Gasteiger partial charge in [0.2, 0.25) is 5.91 Å². The molecule has 0 spiro atoms. The van der Waals surface area contributed by atoms with E-state index >= 15 is 0 Å². The van der Waals surface area contributed by atoms with Crippen LogP contribution in [0.4, 0.5) is 29.3 Å². The second-order valence-corrected chi connectivity index (χ2v) is 9.74. The van der Waals surface area contributed by atoms with Gasteiger partial charge in [0.1, 0.15) is 11.4 Å². The molecule has 0 saturated carbocycles. The molecule has 0 aliphatic heterocycles. The fourth-order valence-electron chi connectivity index (χ4n) is 3.29. The first-order valence-electron chi connectivity index (χ1n) is 11.6. The highest BCUT2D eigenvalue weighted by Gasteiger charge is 2.29. The van der Waals surface area contributed by atoms with Crippen molar-refractivity contribution < 1.29 is 37.0 Å². The summed E-state index contributed by atoms with van der Waals surface area (Å²) < 4.78 is 47.9. The molecule has 2 N–H and O–H groups in total. The Hall–Kier alpha value is -4.12. The van der Waals surface area contributed by atoms with Crippen molar-refractivity contribution >= 4 is 40.8 Å². The van der Waals surface area contributed by atoms with Gasteiger partial charge in [-0.15, -0.1) is 0 Å². The number of anilines is 2. The predicted molar refractivity (Wildman–Crippen MR) is 140 cm³/mol. The van der Waals surface area contributed by atoms with Crippen LogP contribution in [0, 0.1) is 0 Å². The lowest BCUT2D eigenvalue weighted by atomic mass is 10.0. The molecule has 2 aromatic carbocycles. The molecule has 0 saturated heterocycles. The molecule has 8 nitrogen and oxygen atoms in total. The van der Waals surface area contributed by atoms with E-state index in [9.17, 15) is 27.6 Å². The molecule has 0 aliphatic rings. The zero-order valence-electron chi connectivity index (χ0n) is 21.2. The molecule has 0 unspecified atom stereocenters. The van der Waals surface area contributed by atoms with Gasteiger partial charge in [0.15, 0.2) is 12.4 Å². The van der Waals surface area contributed by atoms with Crippen molar-refractivity contribution in [3.05, 3.63) is 71.5 Å². The lowest BCUT2D eigenvalue weighted by Crippen LogP contribution is -2.28. The molecule has 39 heavy (non-hydrogen) atoms. The molecule has 0 bridgehead atoms. The van der Waals surface area contributed by atoms with Crippen molar-refractivity contribution in [1.82, 2.24) is 4.98 Å². The van der Waals surface area contributed by atoms with Crippen LogP contribution in [0.3, 0.4) is 0 Å². The summed E-state index contributed by atoms with van der Waals surface area (Å²) in [6.07, 6.45) is -2.88. The highest BCUT2D eigenvalue weighted by atomic mass is 35.5. The molecule has 3 aromatic rings. The summed E-state index contributed by atoms with van der Waals surface area (Å²) in [7, 11) is 0. The number of amides is 2. The summed E-state index contributed by atoms with van der Waals surface area (Å²) in [4.78, 5) is 42.0. The molecule has 0 atom stereocenters. The molecular weight excluding hydrogens is 539 g/mol. The Morgan fingerprint density at radius 3 is 2.28 bits per heavy atom. The standard InChI is InChI=1S/C27H25ClF3N3O5/c1-26(2,3)39-25(37)34-21-12-23(38-15-27(29,30)31)19(28)11-20(21)33-24(36)13-22(35)17-7-4-6-16(10-17)18-8-5-9-32-14-18/h4-12,14H,13,15H2,1-3H3,(H,33,36)(H,34,37). The number of alkyl halides is 3. The predicted octanol–water partition coefficient (Wildman–Crippen LogP) is 6.90. The number of ketones is 1. The number of hydrogen-bond donors (Lipinski definition) is 2. The van der Waals surface area contributed by atoms with E-state index in [4.69, 9.17) is 21.1 Å². The Bertz CT molecular complexity index is 1360. The third-order valence-electron chi connectivity index (χ3n) is 4.87. The van der Waals surface area contributed by atoms with Gasteiger partial charge in [-0.1, -0.05) is 35.9 Å². The summed E-state index contributed by atoms with van der Waals surface area (Å²) >= 11 is 6.07. The van der Waals surface area contributed by atoms with Crippen LogP contribution in [0.15, 0.2) is 60.9 Å². The quantitative estimate of drug-likeness (QED) is 0.228. The van der Waals surface area contributed by atoms with Crippen molar-refractivity contribution in [2.75, 3.05) is 17.2 Å². The van der Waals surface area contributed by atoms with Crippen molar-refractivity contribution in [1.29, 1.82) is 0 Å². The Labute approximate surface area is 227 Å². The third kappa shape index (κ3) is 9.29. The van der Waals surface area contributed by atoms with E-state index in [0.29, 0.717) is 0 Å². The molecule has 3 rings (SSSR count). The topological polar surface area (TPSA) is 107 Å². The normalized spacial score (nSPS) is 11.5. The first kappa shape index (κ1) is 29.4. The van der Waals surface area contributed by atoms with Gasteiger partial charge in [-0.2, -0.15) is 13.2 Å². The van der Waals surface area contributed by atoms with E-state index in [1.54, 1.807) is 63.5 Å². The van der Waals surface area contributed by atoms with Gasteiger partial charge in [-0.3, -0.25) is 19.9 Å². The smallest absolute Gasteiger partial charge is 0.422 e. The van der Waals surface area contributed by atoms with Gasteiger partial charge in [0, 0.05) is 29.6 Å². The number of ether oxygens (including phenoxy) is 2. The summed E-state index contributed by atoms with van der Waals surface area (Å²) in [5.74, 6) is -1.63. The number of hydrogen-bond acceptors (Lipinski definition) is 6. The highest BCUT2D eigenvalue weighted by molar-refractivity contribution is 6.32. The van der Waals surface area contributed by atoms with Crippen LogP contribution in [0.5, 0.6) is 5.75 Å². The number of halogens is 4. The van der Waals surface area contributed by atoms with Crippen LogP contribution >= 0.6 is 11.6 Å². The summed E-state index contributed by atoms with van der Waals surface area (Å²) in [6.45, 7) is 3.22. The zero-order chi connectivity index (χ0) is 28.8. The minimum absolute atomic E-state index is 0.0767. The van der Waals surface area contributed by atoms with Gasteiger partial charge < -0.3 is 14.8 Å². The van der Waals surface area contributed by atoms with E-state index in [-0.39, 0.29) is 27.7 Å². The molecule has 12 heteroatoms. The van der Waals surface area contributed by atoms with E-state index in [1.807, 2.05) is 6.07 Å². The summed E-state index contributed by atoms with van der Waals surface area (Å²) in [6, 6.07) is 12.4. The lowest BCUT2D eigenvalue weighted by Gasteiger charge is -2.21. The monoisotopic (exact) mass is 563 g/mol. The minimum atomic E-state index is -4.64. The molecule has 0 radical (unpaired) electrons. The van der Waals surface area contributed by atoms with Crippen molar-refractivity contribution in [2.45, 2.75) is 39.0 Å². The Morgan fingerprint density at radius 2 is 1.64 bits per heavy atom. The Morgan fingerprint density at radius 1 is 0.949 bits per heavy atom. The number of pyridine rings is 1. The SMILES string of the molecule is CC(C)(C)OC(=O)Nc1cc(OCC(F)(F)F)c(Cl)cc1NC(=O)CC(=O)c1cccc(-c2cccnc2)c1. The van der Waals surface area contributed by atoms with Crippen LogP contribution in [-0.4, -0.2) is 41.2 Å². The molecule has 0 fully saturated rings. The second-order valence-electron chi connectivity index (χ2n) is 9.33. The maximum atomic E-state index is 12.8. The van der Waals surface area contributed by atoms with Gasteiger partial charge >= 0.3 is 12.3 Å². The maximum Gasteiger partial charge on any atom is 0.422 e. The number of Topliss-reactive ketones (excluding diaryl/α,β-unsaturated/α-hetero) is 1. The van der Waals surface area contributed by atoms with Crippen LogP contribution < -0.4 is 15.4 Å². The average molecular weight is 564 g/mol. The highest BCUT2D eigenvalue weighted by Crippen LogP contribution is 2.36. The number of benzene rings is 2. The Balaban J connectivity index is 1.80. The van der Waals surface area contributed by atoms with Crippen LogP contribution in [0.1, 0.15) is 37.6 Å². The first-order valence-corrected chi connectivity index (χ1v) is 11.9. The van der Waals surface area contributed by atoms with Crippen molar-refractivity contribution in [3.8, 4) is 16.9 Å². The van der Waals surface area contributed by atoms with Crippen LogP contribution in [0.25, 0.3) is 11.1 Å². The lowest BCUT2D eigenvalue weighted by molar-refractivity contribution is -0.153. The first-order chi connectivity index (χ1) is 18.2. The summed E-state index contributed by atoms with van der Waals surface area (Å²) in [5.41, 5.74) is 0.702. The number of nitrogens with one attached hydrogen (secondary N) is 2. The number of rotatable bonds is 8. The fraction of sp³-hybridized carbons (Fsp3) is 0.259. The van der Waals surface area contributed by atoms with Gasteiger partial charge in [0.05, 0.1) is 22.8 Å². The summed E-state index contributed by atoms with van der Waals surface area (Å²) in [5, 5.41) is 4.56. The number of nitrogens with zero attached hydrogens (tertiary/aromatic N) is 1. The molecule has 2 amide bonds. The molecule has 1 aromatic heterocycles. The van der Waals surface area contributed by atoms with Crippen molar-refractivity contribution in [3.63, 3.8) is 0 Å².